The molecule has 1 aliphatic heterocycles. The molecule has 1 fully saturated rings. The van der Waals surface area contributed by atoms with Gasteiger partial charge in [0.05, 0.1) is 0 Å². The van der Waals surface area contributed by atoms with Crippen LogP contribution in [-0.4, -0.2) is 61.5 Å². The summed E-state index contributed by atoms with van der Waals surface area (Å²) in [5.74, 6) is -2.14. The highest BCUT2D eigenvalue weighted by molar-refractivity contribution is 5.96. The summed E-state index contributed by atoms with van der Waals surface area (Å²) in [6.07, 6.45) is -0.952. The standard InChI is InChI=1S/C22H24FN3O4/c1-16(30-20(27)15-24-21(28)17-6-5-7-18(23)14-17)22(29)26-12-10-25(11-13-26)19-8-3-2-4-9-19/h2-9,14,16H,10-13,15H2,1H3,(H,24,28). The summed E-state index contributed by atoms with van der Waals surface area (Å²) in [7, 11) is 0. The van der Waals surface area contributed by atoms with Gasteiger partial charge in [-0.25, -0.2) is 4.39 Å². The second-order valence-electron chi connectivity index (χ2n) is 6.97. The van der Waals surface area contributed by atoms with E-state index in [1.54, 1.807) is 4.90 Å². The molecule has 8 heteroatoms. The highest BCUT2D eigenvalue weighted by Crippen LogP contribution is 2.16. The van der Waals surface area contributed by atoms with Gasteiger partial charge < -0.3 is 19.9 Å². The van der Waals surface area contributed by atoms with Gasteiger partial charge in [-0.2, -0.15) is 0 Å². The SMILES string of the molecule is CC(OC(=O)CNC(=O)c1cccc(F)c1)C(=O)N1CCN(c2ccccc2)CC1. The minimum Gasteiger partial charge on any atom is -0.451 e. The average Bonchev–Trinajstić information content (AvgIpc) is 2.77. The third-order valence-corrected chi connectivity index (χ3v) is 4.85. The van der Waals surface area contributed by atoms with Gasteiger partial charge in [0.1, 0.15) is 12.4 Å². The van der Waals surface area contributed by atoms with Crippen molar-refractivity contribution in [3.63, 3.8) is 0 Å². The molecule has 158 valence electrons. The highest BCUT2D eigenvalue weighted by atomic mass is 19.1. The number of hydrogen-bond donors (Lipinski definition) is 1. The molecule has 1 heterocycles. The molecule has 3 rings (SSSR count). The fourth-order valence-electron chi connectivity index (χ4n) is 3.25. The van der Waals surface area contributed by atoms with Crippen LogP contribution in [0.25, 0.3) is 0 Å². The molecular formula is C22H24FN3O4. The van der Waals surface area contributed by atoms with Gasteiger partial charge in [0, 0.05) is 37.4 Å². The fraction of sp³-hybridized carbons (Fsp3) is 0.318. The first-order valence-corrected chi connectivity index (χ1v) is 9.76. The first-order chi connectivity index (χ1) is 14.4. The van der Waals surface area contributed by atoms with E-state index < -0.39 is 30.3 Å². The molecule has 2 aromatic carbocycles. The Balaban J connectivity index is 1.43. The van der Waals surface area contributed by atoms with Gasteiger partial charge in [-0.1, -0.05) is 24.3 Å². The number of carbonyl (C=O) groups excluding carboxylic acids is 3. The van der Waals surface area contributed by atoms with Crippen LogP contribution in [0, 0.1) is 5.82 Å². The Bertz CT molecular complexity index is 898. The van der Waals surface area contributed by atoms with E-state index in [0.717, 1.165) is 11.8 Å². The lowest BCUT2D eigenvalue weighted by atomic mass is 10.2. The van der Waals surface area contributed by atoms with Crippen LogP contribution in [0.5, 0.6) is 0 Å². The van der Waals surface area contributed by atoms with Crippen LogP contribution in [-0.2, 0) is 14.3 Å². The Hall–Kier alpha value is -3.42. The molecule has 0 aliphatic carbocycles. The first-order valence-electron chi connectivity index (χ1n) is 9.76. The second-order valence-corrected chi connectivity index (χ2v) is 6.97. The summed E-state index contributed by atoms with van der Waals surface area (Å²) >= 11 is 0. The van der Waals surface area contributed by atoms with Crippen LogP contribution in [0.3, 0.4) is 0 Å². The van der Waals surface area contributed by atoms with Crippen LogP contribution in [0.2, 0.25) is 0 Å². The van der Waals surface area contributed by atoms with Crippen LogP contribution in [0.4, 0.5) is 10.1 Å². The number of nitrogens with zero attached hydrogens (tertiary/aromatic N) is 2. The van der Waals surface area contributed by atoms with Crippen molar-refractivity contribution in [1.82, 2.24) is 10.2 Å². The lowest BCUT2D eigenvalue weighted by Gasteiger charge is -2.37. The van der Waals surface area contributed by atoms with Crippen molar-refractivity contribution >= 4 is 23.5 Å². The molecule has 7 nitrogen and oxygen atoms in total. The maximum Gasteiger partial charge on any atom is 0.326 e. The quantitative estimate of drug-likeness (QED) is 0.731. The summed E-state index contributed by atoms with van der Waals surface area (Å²) in [5.41, 5.74) is 1.21. The van der Waals surface area contributed by atoms with E-state index in [2.05, 4.69) is 10.2 Å². The zero-order valence-electron chi connectivity index (χ0n) is 16.7. The minimum absolute atomic E-state index is 0.100. The zero-order valence-corrected chi connectivity index (χ0v) is 16.7. The number of ether oxygens (including phenoxy) is 1. The smallest absolute Gasteiger partial charge is 0.326 e. The van der Waals surface area contributed by atoms with Crippen molar-refractivity contribution in [2.75, 3.05) is 37.6 Å². The molecule has 0 spiro atoms. The summed E-state index contributed by atoms with van der Waals surface area (Å²) in [4.78, 5) is 40.4. The maximum absolute atomic E-state index is 13.2. The number of anilines is 1. The summed E-state index contributed by atoms with van der Waals surface area (Å²) in [6, 6.07) is 15.1. The van der Waals surface area contributed by atoms with E-state index in [9.17, 15) is 18.8 Å². The molecule has 2 amide bonds. The van der Waals surface area contributed by atoms with Crippen molar-refractivity contribution in [1.29, 1.82) is 0 Å². The number of rotatable bonds is 6. The van der Waals surface area contributed by atoms with Crippen LogP contribution in [0.1, 0.15) is 17.3 Å². The Labute approximate surface area is 174 Å². The zero-order chi connectivity index (χ0) is 21.5. The van der Waals surface area contributed by atoms with E-state index >= 15 is 0 Å². The van der Waals surface area contributed by atoms with Crippen molar-refractivity contribution in [2.45, 2.75) is 13.0 Å². The number of halogens is 1. The van der Waals surface area contributed by atoms with E-state index in [-0.39, 0.29) is 11.5 Å². The molecule has 0 saturated carbocycles. The second kappa shape index (κ2) is 9.87. The predicted molar refractivity (Wildman–Crippen MR) is 110 cm³/mol. The lowest BCUT2D eigenvalue weighted by molar-refractivity contribution is -0.158. The molecule has 1 N–H and O–H groups in total. The molecule has 1 aliphatic rings. The third kappa shape index (κ3) is 5.56. The fourth-order valence-corrected chi connectivity index (χ4v) is 3.25. The summed E-state index contributed by atoms with van der Waals surface area (Å²) < 4.78 is 18.3. The molecule has 2 aromatic rings. The molecule has 0 aromatic heterocycles. The minimum atomic E-state index is -0.952. The summed E-state index contributed by atoms with van der Waals surface area (Å²) in [5, 5.41) is 2.36. The lowest BCUT2D eigenvalue weighted by Crippen LogP contribution is -2.52. The number of carbonyl (C=O) groups is 3. The number of nitrogens with one attached hydrogen (secondary N) is 1. The molecule has 0 bridgehead atoms. The van der Waals surface area contributed by atoms with Crippen molar-refractivity contribution in [2.24, 2.45) is 0 Å². The van der Waals surface area contributed by atoms with Gasteiger partial charge in [0.25, 0.3) is 11.8 Å². The summed E-state index contributed by atoms with van der Waals surface area (Å²) in [6.45, 7) is 3.56. The molecule has 1 saturated heterocycles. The number of piperazine rings is 1. The van der Waals surface area contributed by atoms with Gasteiger partial charge >= 0.3 is 5.97 Å². The van der Waals surface area contributed by atoms with Crippen molar-refractivity contribution in [3.8, 4) is 0 Å². The Kier molecular flexibility index (Phi) is 7.00. The van der Waals surface area contributed by atoms with E-state index in [1.165, 1.54) is 25.1 Å². The van der Waals surface area contributed by atoms with Gasteiger partial charge in [-0.05, 0) is 37.3 Å². The molecule has 1 atom stereocenters. The number of hydrogen-bond acceptors (Lipinski definition) is 5. The first kappa shape index (κ1) is 21.3. The molecular weight excluding hydrogens is 389 g/mol. The highest BCUT2D eigenvalue weighted by Gasteiger charge is 2.27. The number of esters is 1. The normalized spacial score (nSPS) is 14.7. The molecule has 0 radical (unpaired) electrons. The number of benzene rings is 2. The largest absolute Gasteiger partial charge is 0.451 e. The van der Waals surface area contributed by atoms with Gasteiger partial charge in [0.15, 0.2) is 6.10 Å². The van der Waals surface area contributed by atoms with Crippen molar-refractivity contribution in [3.05, 3.63) is 66.0 Å². The van der Waals surface area contributed by atoms with Gasteiger partial charge in [0.2, 0.25) is 0 Å². The topological polar surface area (TPSA) is 78.9 Å². The maximum atomic E-state index is 13.2. The third-order valence-electron chi connectivity index (χ3n) is 4.85. The Morgan fingerprint density at radius 3 is 2.40 bits per heavy atom. The predicted octanol–water partition coefficient (Wildman–Crippen LogP) is 1.84. The van der Waals surface area contributed by atoms with Crippen LogP contribution < -0.4 is 10.2 Å². The average molecular weight is 413 g/mol. The van der Waals surface area contributed by atoms with Crippen molar-refractivity contribution < 1.29 is 23.5 Å². The monoisotopic (exact) mass is 413 g/mol. The Morgan fingerprint density at radius 2 is 1.73 bits per heavy atom. The van der Waals surface area contributed by atoms with Crippen LogP contribution in [0.15, 0.2) is 54.6 Å². The van der Waals surface area contributed by atoms with Gasteiger partial charge in [-0.15, -0.1) is 0 Å². The van der Waals surface area contributed by atoms with Crippen LogP contribution >= 0.6 is 0 Å². The van der Waals surface area contributed by atoms with E-state index in [0.29, 0.717) is 26.2 Å². The number of amides is 2. The Morgan fingerprint density at radius 1 is 1.03 bits per heavy atom. The molecule has 30 heavy (non-hydrogen) atoms. The number of para-hydroxylation sites is 1. The van der Waals surface area contributed by atoms with E-state index in [4.69, 9.17) is 4.74 Å². The molecule has 1 unspecified atom stereocenters. The van der Waals surface area contributed by atoms with E-state index in [1.807, 2.05) is 30.3 Å². The van der Waals surface area contributed by atoms with Gasteiger partial charge in [-0.3, -0.25) is 14.4 Å².